The number of benzene rings is 2. The number of nitrogens with two attached hydrogens (primary N) is 2. The van der Waals surface area contributed by atoms with Gasteiger partial charge >= 0.3 is 0 Å². The van der Waals surface area contributed by atoms with Crippen LogP contribution in [0.1, 0.15) is 12.5 Å². The molecule has 4 nitrogen and oxygen atoms in total. The van der Waals surface area contributed by atoms with Gasteiger partial charge in [-0.2, -0.15) is 0 Å². The molecule has 2 rings (SSSR count). The van der Waals surface area contributed by atoms with Crippen LogP contribution in [0.2, 0.25) is 0 Å². The Morgan fingerprint density at radius 2 is 1.48 bits per heavy atom. The van der Waals surface area contributed by atoms with E-state index in [4.69, 9.17) is 20.9 Å². The van der Waals surface area contributed by atoms with Gasteiger partial charge in [0, 0.05) is 18.5 Å². The molecule has 110 valence electrons. The molecule has 0 heterocycles. The number of nitrogen functional groups attached to an aromatic ring is 2. The maximum absolute atomic E-state index is 5.81. The van der Waals surface area contributed by atoms with Gasteiger partial charge in [-0.25, -0.2) is 0 Å². The first-order chi connectivity index (χ1) is 10.1. The molecule has 0 spiro atoms. The van der Waals surface area contributed by atoms with Crippen molar-refractivity contribution in [3.8, 4) is 5.75 Å². The highest BCUT2D eigenvalue weighted by molar-refractivity contribution is 5.56. The second kappa shape index (κ2) is 6.81. The monoisotopic (exact) mass is 284 g/mol. The van der Waals surface area contributed by atoms with Gasteiger partial charge in [0.15, 0.2) is 0 Å². The highest BCUT2D eigenvalue weighted by Crippen LogP contribution is 2.19. The smallest absolute Gasteiger partial charge is 0.222 e. The number of hydrogen-bond acceptors (Lipinski definition) is 4. The Morgan fingerprint density at radius 3 is 2.00 bits per heavy atom. The van der Waals surface area contributed by atoms with Crippen LogP contribution < -0.4 is 16.2 Å². The van der Waals surface area contributed by atoms with Crippen LogP contribution in [-0.2, 0) is 4.74 Å². The van der Waals surface area contributed by atoms with Crippen molar-refractivity contribution in [1.29, 1.82) is 0 Å². The van der Waals surface area contributed by atoms with Gasteiger partial charge in [0.25, 0.3) is 0 Å². The molecule has 0 amide bonds. The number of methoxy groups -OCH3 is 1. The lowest BCUT2D eigenvalue weighted by Crippen LogP contribution is -2.20. The summed E-state index contributed by atoms with van der Waals surface area (Å²) in [5.74, 6) is 0.709. The molecule has 0 aliphatic carbocycles. The van der Waals surface area contributed by atoms with E-state index in [1.807, 2.05) is 49.4 Å². The van der Waals surface area contributed by atoms with Crippen LogP contribution in [0.15, 0.2) is 54.1 Å². The van der Waals surface area contributed by atoms with Crippen molar-refractivity contribution in [3.05, 3.63) is 59.7 Å². The summed E-state index contributed by atoms with van der Waals surface area (Å²) in [5.41, 5.74) is 14.8. The summed E-state index contributed by atoms with van der Waals surface area (Å²) in [6.45, 7) is 1.96. The van der Waals surface area contributed by atoms with Gasteiger partial charge in [0.05, 0.1) is 0 Å². The molecule has 0 aromatic heterocycles. The van der Waals surface area contributed by atoms with E-state index >= 15 is 0 Å². The van der Waals surface area contributed by atoms with Crippen LogP contribution in [0, 0.1) is 0 Å². The Hall–Kier alpha value is -2.46. The van der Waals surface area contributed by atoms with Crippen LogP contribution >= 0.6 is 0 Å². The molecule has 2 aromatic carbocycles. The van der Waals surface area contributed by atoms with E-state index in [1.165, 1.54) is 0 Å². The normalized spacial score (nSPS) is 13.0. The first kappa shape index (κ1) is 14.9. The summed E-state index contributed by atoms with van der Waals surface area (Å²) in [6.07, 6.45) is 1.55. The Morgan fingerprint density at radius 1 is 0.952 bits per heavy atom. The molecular weight excluding hydrogens is 264 g/mol. The molecule has 0 bridgehead atoms. The number of hydrogen-bond donors (Lipinski definition) is 2. The molecule has 0 saturated carbocycles. The molecule has 2 aromatic rings. The van der Waals surface area contributed by atoms with Crippen molar-refractivity contribution in [3.63, 3.8) is 0 Å². The minimum absolute atomic E-state index is 0.453. The Labute approximate surface area is 125 Å². The molecular formula is C17H20N2O2. The summed E-state index contributed by atoms with van der Waals surface area (Å²) in [7, 11) is 1.61. The molecule has 1 unspecified atom stereocenters. The molecule has 4 N–H and O–H groups in total. The lowest BCUT2D eigenvalue weighted by Gasteiger charge is -2.18. The zero-order chi connectivity index (χ0) is 15.2. The second-order valence-corrected chi connectivity index (χ2v) is 4.81. The van der Waals surface area contributed by atoms with Crippen molar-refractivity contribution >= 4 is 17.5 Å². The van der Waals surface area contributed by atoms with Gasteiger partial charge < -0.3 is 20.9 Å². The molecule has 0 saturated heterocycles. The predicted octanol–water partition coefficient (Wildman–Crippen LogP) is 3.31. The summed E-state index contributed by atoms with van der Waals surface area (Å²) >= 11 is 0. The zero-order valence-corrected chi connectivity index (χ0v) is 12.2. The predicted molar refractivity (Wildman–Crippen MR) is 86.8 cm³/mol. The number of rotatable bonds is 5. The zero-order valence-electron chi connectivity index (χ0n) is 12.2. The summed E-state index contributed by atoms with van der Waals surface area (Å²) in [5, 5.41) is 0. The van der Waals surface area contributed by atoms with E-state index in [0.717, 1.165) is 16.8 Å². The topological polar surface area (TPSA) is 70.5 Å². The van der Waals surface area contributed by atoms with Crippen molar-refractivity contribution in [2.24, 2.45) is 0 Å². The summed E-state index contributed by atoms with van der Waals surface area (Å²) in [6, 6.07) is 14.9. The number of anilines is 2. The van der Waals surface area contributed by atoms with E-state index < -0.39 is 6.29 Å². The molecule has 0 fully saturated rings. The van der Waals surface area contributed by atoms with E-state index in [-0.39, 0.29) is 0 Å². The van der Waals surface area contributed by atoms with Gasteiger partial charge in [-0.05, 0) is 60.5 Å². The Kier molecular flexibility index (Phi) is 4.85. The van der Waals surface area contributed by atoms with Gasteiger partial charge in [-0.15, -0.1) is 0 Å². The highest BCUT2D eigenvalue weighted by atomic mass is 16.7. The van der Waals surface area contributed by atoms with Gasteiger partial charge in [-0.3, -0.25) is 0 Å². The van der Waals surface area contributed by atoms with Crippen LogP contribution in [0.4, 0.5) is 11.4 Å². The van der Waals surface area contributed by atoms with Crippen molar-refractivity contribution < 1.29 is 9.47 Å². The largest absolute Gasteiger partial charge is 0.461 e. The first-order valence-electron chi connectivity index (χ1n) is 6.67. The average molecular weight is 284 g/mol. The summed E-state index contributed by atoms with van der Waals surface area (Å²) < 4.78 is 11.2. The average Bonchev–Trinajstić information content (AvgIpc) is 2.49. The van der Waals surface area contributed by atoms with Crippen molar-refractivity contribution in [1.82, 2.24) is 0 Å². The molecule has 0 radical (unpaired) electrons. The maximum atomic E-state index is 5.81. The van der Waals surface area contributed by atoms with Crippen LogP contribution in [-0.4, -0.2) is 13.4 Å². The lowest BCUT2D eigenvalue weighted by atomic mass is 10.1. The highest BCUT2D eigenvalue weighted by Gasteiger charge is 2.11. The van der Waals surface area contributed by atoms with Crippen LogP contribution in [0.3, 0.4) is 0 Å². The third kappa shape index (κ3) is 4.26. The molecule has 21 heavy (non-hydrogen) atoms. The van der Waals surface area contributed by atoms with Crippen LogP contribution in [0.5, 0.6) is 5.75 Å². The fourth-order valence-electron chi connectivity index (χ4n) is 1.92. The minimum Gasteiger partial charge on any atom is -0.461 e. The SMILES string of the molecule is COC(Oc1ccc(N)cc1)/C(C)=C/c1ccc(N)cc1. The van der Waals surface area contributed by atoms with Gasteiger partial charge in [0.1, 0.15) is 5.75 Å². The maximum Gasteiger partial charge on any atom is 0.222 e. The Balaban J connectivity index is 2.12. The molecule has 0 aliphatic heterocycles. The fraction of sp³-hybridized carbons (Fsp3) is 0.176. The molecule has 1 atom stereocenters. The van der Waals surface area contributed by atoms with Gasteiger partial charge in [-0.1, -0.05) is 12.1 Å². The van der Waals surface area contributed by atoms with E-state index in [0.29, 0.717) is 11.4 Å². The third-order valence-corrected chi connectivity index (χ3v) is 3.04. The first-order valence-corrected chi connectivity index (χ1v) is 6.67. The second-order valence-electron chi connectivity index (χ2n) is 4.81. The minimum atomic E-state index is -0.453. The summed E-state index contributed by atoms with van der Waals surface area (Å²) in [4.78, 5) is 0. The van der Waals surface area contributed by atoms with Gasteiger partial charge in [0.2, 0.25) is 6.29 Å². The standard InChI is InChI=1S/C17H20N2O2/c1-12(11-13-3-5-14(18)6-4-13)17(20-2)21-16-9-7-15(19)8-10-16/h3-11,17H,18-19H2,1-2H3/b12-11+. The molecule has 0 aliphatic rings. The van der Waals surface area contributed by atoms with Crippen molar-refractivity contribution in [2.75, 3.05) is 18.6 Å². The Bertz CT molecular complexity index is 604. The quantitative estimate of drug-likeness (QED) is 0.653. The molecule has 4 heteroatoms. The lowest BCUT2D eigenvalue weighted by molar-refractivity contribution is -0.0237. The fourth-order valence-corrected chi connectivity index (χ4v) is 1.92. The third-order valence-electron chi connectivity index (χ3n) is 3.04. The number of ether oxygens (including phenoxy) is 2. The van der Waals surface area contributed by atoms with E-state index in [9.17, 15) is 0 Å². The van der Waals surface area contributed by atoms with Crippen molar-refractivity contribution in [2.45, 2.75) is 13.2 Å². The van der Waals surface area contributed by atoms with E-state index in [2.05, 4.69) is 0 Å². The van der Waals surface area contributed by atoms with E-state index in [1.54, 1.807) is 19.2 Å². The van der Waals surface area contributed by atoms with Crippen LogP contribution in [0.25, 0.3) is 6.08 Å².